The fraction of sp³-hybridized carbons (Fsp3) is 0.333. The minimum atomic E-state index is -1.43. The normalized spacial score (nSPS) is 13.8. The second kappa shape index (κ2) is 14.5. The van der Waals surface area contributed by atoms with Crippen LogP contribution in [0.4, 0.5) is 4.39 Å². The highest BCUT2D eigenvalue weighted by Gasteiger charge is 2.14. The maximum Gasteiger partial charge on any atom is 0.235 e. The number of hydrogen-bond acceptors (Lipinski definition) is 2. The van der Waals surface area contributed by atoms with Crippen molar-refractivity contribution < 1.29 is 14.2 Å². The molecule has 0 heterocycles. The van der Waals surface area contributed by atoms with Gasteiger partial charge in [0.25, 0.3) is 0 Å². The number of phenolic OH excluding ortho intramolecular Hbond substituents is 1. The van der Waals surface area contributed by atoms with Crippen LogP contribution in [0.25, 0.3) is 17.7 Å². The molecule has 3 aromatic carbocycles. The number of phenols is 1. The predicted octanol–water partition coefficient (Wildman–Crippen LogP) is 8.60. The molecular formula is C36H43FO2. The van der Waals surface area contributed by atoms with E-state index in [1.807, 2.05) is 43.3 Å². The third-order valence-electron chi connectivity index (χ3n) is 7.29. The number of benzene rings is 3. The molecule has 0 amide bonds. The topological polar surface area (TPSA) is 29.5 Å². The summed E-state index contributed by atoms with van der Waals surface area (Å²) in [6, 6.07) is 19.7. The molecule has 39 heavy (non-hydrogen) atoms. The SMILES string of the molecule is C=C(/C=c1/c(Cc2ccccc2OC(C)F)c(O)ccc1=CC)C(=C)c1ccc(C(CCC)CCCC)cc1. The molecular weight excluding hydrogens is 483 g/mol. The molecule has 0 saturated heterocycles. The molecule has 2 nitrogen and oxygen atoms in total. The largest absolute Gasteiger partial charge is 0.508 e. The minimum Gasteiger partial charge on any atom is -0.508 e. The number of para-hydroxylation sites is 1. The number of hydrogen-bond donors (Lipinski definition) is 1. The third kappa shape index (κ3) is 7.95. The van der Waals surface area contributed by atoms with E-state index < -0.39 is 6.36 Å². The van der Waals surface area contributed by atoms with Crippen molar-refractivity contribution in [2.75, 3.05) is 0 Å². The van der Waals surface area contributed by atoms with Crippen molar-refractivity contribution in [1.82, 2.24) is 0 Å². The lowest BCUT2D eigenvalue weighted by atomic mass is 9.88. The van der Waals surface area contributed by atoms with Gasteiger partial charge in [-0.2, -0.15) is 0 Å². The van der Waals surface area contributed by atoms with Crippen LogP contribution in [0.5, 0.6) is 11.5 Å². The molecule has 0 saturated carbocycles. The third-order valence-corrected chi connectivity index (χ3v) is 7.29. The lowest BCUT2D eigenvalue weighted by molar-refractivity contribution is 0.0850. The van der Waals surface area contributed by atoms with Crippen LogP contribution in [0.15, 0.2) is 79.4 Å². The van der Waals surface area contributed by atoms with E-state index in [2.05, 4.69) is 51.3 Å². The molecule has 0 spiro atoms. The molecule has 1 N–H and O–H groups in total. The lowest BCUT2D eigenvalue weighted by Crippen LogP contribution is -2.29. The van der Waals surface area contributed by atoms with Gasteiger partial charge in [-0.3, -0.25) is 0 Å². The first kappa shape index (κ1) is 30.0. The van der Waals surface area contributed by atoms with Gasteiger partial charge in [0.2, 0.25) is 6.36 Å². The molecule has 0 aliphatic heterocycles. The van der Waals surface area contributed by atoms with E-state index >= 15 is 0 Å². The number of unbranched alkanes of at least 4 members (excludes halogenated alkanes) is 1. The zero-order valence-corrected chi connectivity index (χ0v) is 24.0. The number of halogens is 1. The van der Waals surface area contributed by atoms with Crippen molar-refractivity contribution in [2.45, 2.75) is 78.5 Å². The average molecular weight is 527 g/mol. The van der Waals surface area contributed by atoms with Gasteiger partial charge >= 0.3 is 0 Å². The van der Waals surface area contributed by atoms with E-state index in [4.69, 9.17) is 4.74 Å². The minimum absolute atomic E-state index is 0.173. The summed E-state index contributed by atoms with van der Waals surface area (Å²) in [6.45, 7) is 16.5. The molecule has 0 aliphatic carbocycles. The monoisotopic (exact) mass is 526 g/mol. The van der Waals surface area contributed by atoms with Gasteiger partial charge in [0.15, 0.2) is 0 Å². The number of aromatic hydroxyl groups is 1. The lowest BCUT2D eigenvalue weighted by Gasteiger charge is -2.17. The van der Waals surface area contributed by atoms with Gasteiger partial charge < -0.3 is 9.84 Å². The van der Waals surface area contributed by atoms with Crippen LogP contribution < -0.4 is 15.2 Å². The van der Waals surface area contributed by atoms with Crippen LogP contribution in [0, 0.1) is 0 Å². The molecule has 3 aromatic rings. The molecule has 2 atom stereocenters. The van der Waals surface area contributed by atoms with Gasteiger partial charge in [0.05, 0.1) is 0 Å². The molecule has 3 heteroatoms. The van der Waals surface area contributed by atoms with Crippen LogP contribution in [0.3, 0.4) is 0 Å². The molecule has 2 unspecified atom stereocenters. The summed E-state index contributed by atoms with van der Waals surface area (Å²) in [5, 5.41) is 12.7. The summed E-state index contributed by atoms with van der Waals surface area (Å²) in [7, 11) is 0. The standard InChI is InChI=1S/C36H43FO2/c1-7-10-14-30(13-8-2)31-19-17-29(18-20-31)26(5)25(4)23-33-28(9-3)21-22-35(38)34(33)24-32-15-11-12-16-36(32)39-27(6)37/h9,11-12,15-23,27,30,38H,4-5,7-8,10,13-14,24H2,1-3,6H3/b28-9?,33-23+. The van der Waals surface area contributed by atoms with Crippen molar-refractivity contribution in [1.29, 1.82) is 0 Å². The van der Waals surface area contributed by atoms with Gasteiger partial charge in [-0.05, 0) is 82.2 Å². The van der Waals surface area contributed by atoms with Crippen molar-refractivity contribution in [3.05, 3.63) is 112 Å². The fourth-order valence-electron chi connectivity index (χ4n) is 5.09. The van der Waals surface area contributed by atoms with Crippen LogP contribution in [0.1, 0.15) is 88.0 Å². The summed E-state index contributed by atoms with van der Waals surface area (Å²) in [6.07, 6.45) is 9.02. The van der Waals surface area contributed by atoms with E-state index in [1.165, 1.54) is 44.6 Å². The van der Waals surface area contributed by atoms with Crippen LogP contribution in [-0.4, -0.2) is 11.5 Å². The summed E-state index contributed by atoms with van der Waals surface area (Å²) >= 11 is 0. The molecule has 0 bridgehead atoms. The Bertz CT molecular complexity index is 1380. The summed E-state index contributed by atoms with van der Waals surface area (Å²) < 4.78 is 19.1. The van der Waals surface area contributed by atoms with Crippen molar-refractivity contribution in [2.24, 2.45) is 0 Å². The zero-order valence-electron chi connectivity index (χ0n) is 24.0. The Labute approximate surface area is 233 Å². The summed E-state index contributed by atoms with van der Waals surface area (Å²) in [5.74, 6) is 1.23. The Morgan fingerprint density at radius 1 is 0.974 bits per heavy atom. The van der Waals surface area contributed by atoms with Gasteiger partial charge in [0.1, 0.15) is 11.5 Å². The average Bonchev–Trinajstić information content (AvgIpc) is 2.93. The molecule has 0 aromatic heterocycles. The predicted molar refractivity (Wildman–Crippen MR) is 164 cm³/mol. The Hall–Kier alpha value is -3.59. The maximum absolute atomic E-state index is 13.7. The van der Waals surface area contributed by atoms with E-state index in [0.717, 1.165) is 38.3 Å². The Morgan fingerprint density at radius 2 is 1.69 bits per heavy atom. The van der Waals surface area contributed by atoms with E-state index in [9.17, 15) is 9.50 Å². The van der Waals surface area contributed by atoms with Gasteiger partial charge in [0, 0.05) is 18.9 Å². The first-order chi connectivity index (χ1) is 18.8. The van der Waals surface area contributed by atoms with E-state index in [1.54, 1.807) is 12.1 Å². The van der Waals surface area contributed by atoms with Gasteiger partial charge in [-0.15, -0.1) is 0 Å². The number of ether oxygens (including phenoxy) is 1. The number of alkyl halides is 1. The smallest absolute Gasteiger partial charge is 0.235 e. The molecule has 3 rings (SSSR count). The van der Waals surface area contributed by atoms with Crippen LogP contribution >= 0.6 is 0 Å². The van der Waals surface area contributed by atoms with Gasteiger partial charge in [-0.1, -0.05) is 101 Å². The first-order valence-corrected chi connectivity index (χ1v) is 14.1. The Morgan fingerprint density at radius 3 is 2.33 bits per heavy atom. The molecule has 0 aliphatic rings. The highest BCUT2D eigenvalue weighted by Crippen LogP contribution is 2.30. The summed E-state index contributed by atoms with van der Waals surface area (Å²) in [4.78, 5) is 0. The second-order valence-corrected chi connectivity index (χ2v) is 10.2. The van der Waals surface area contributed by atoms with E-state index in [0.29, 0.717) is 18.1 Å². The molecule has 0 fully saturated rings. The van der Waals surface area contributed by atoms with Crippen molar-refractivity contribution in [3.8, 4) is 11.5 Å². The fourth-order valence-corrected chi connectivity index (χ4v) is 5.09. The van der Waals surface area contributed by atoms with Crippen LogP contribution in [-0.2, 0) is 6.42 Å². The Kier molecular flexibility index (Phi) is 11.2. The maximum atomic E-state index is 13.7. The zero-order chi connectivity index (χ0) is 28.4. The molecule has 0 radical (unpaired) electrons. The van der Waals surface area contributed by atoms with Crippen molar-refractivity contribution in [3.63, 3.8) is 0 Å². The Balaban J connectivity index is 1.96. The van der Waals surface area contributed by atoms with Gasteiger partial charge in [-0.25, -0.2) is 4.39 Å². The highest BCUT2D eigenvalue weighted by atomic mass is 19.1. The van der Waals surface area contributed by atoms with Crippen molar-refractivity contribution >= 4 is 17.7 Å². The quantitative estimate of drug-likeness (QED) is 0.226. The number of rotatable bonds is 13. The highest BCUT2D eigenvalue weighted by molar-refractivity contribution is 5.86. The first-order valence-electron chi connectivity index (χ1n) is 14.1. The summed E-state index contributed by atoms with van der Waals surface area (Å²) in [5.41, 5.74) is 5.56. The van der Waals surface area contributed by atoms with E-state index in [-0.39, 0.29) is 5.75 Å². The van der Waals surface area contributed by atoms with Crippen LogP contribution in [0.2, 0.25) is 0 Å². The molecule has 206 valence electrons. The number of allylic oxidation sites excluding steroid dienone is 2. The second-order valence-electron chi connectivity index (χ2n) is 10.2.